The number of benzene rings is 1. The Morgan fingerprint density at radius 1 is 1.46 bits per heavy atom. The maximum atomic E-state index is 10.7. The zero-order chi connectivity index (χ0) is 9.68. The van der Waals surface area contributed by atoms with E-state index in [-0.39, 0.29) is 0 Å². The Hall–Kier alpha value is -1.31. The van der Waals surface area contributed by atoms with Crippen LogP contribution in [0.15, 0.2) is 24.3 Å². The van der Waals surface area contributed by atoms with Crippen LogP contribution in [0.2, 0.25) is 0 Å². The maximum Gasteiger partial charge on any atom is 0.152 e. The summed E-state index contributed by atoms with van der Waals surface area (Å²) in [6, 6.07) is 7.94. The molecule has 1 unspecified atom stereocenters. The SMILES string of the molecule is CCC(C)Nc1ccccc1C=O. The molecule has 2 heteroatoms. The van der Waals surface area contributed by atoms with Crippen molar-refractivity contribution in [3.63, 3.8) is 0 Å². The summed E-state index contributed by atoms with van der Waals surface area (Å²) in [6.45, 7) is 4.21. The minimum absolute atomic E-state index is 0.404. The van der Waals surface area contributed by atoms with E-state index in [9.17, 15) is 4.79 Å². The molecule has 0 heterocycles. The Kier molecular flexibility index (Phi) is 3.50. The number of carbonyl (C=O) groups is 1. The average molecular weight is 177 g/mol. The first-order valence-corrected chi connectivity index (χ1v) is 4.58. The lowest BCUT2D eigenvalue weighted by Crippen LogP contribution is -2.14. The highest BCUT2D eigenvalue weighted by atomic mass is 16.1. The Labute approximate surface area is 79.0 Å². The van der Waals surface area contributed by atoms with Gasteiger partial charge in [0.2, 0.25) is 0 Å². The second-order valence-corrected chi connectivity index (χ2v) is 3.16. The van der Waals surface area contributed by atoms with Crippen molar-refractivity contribution in [1.29, 1.82) is 0 Å². The predicted molar refractivity (Wildman–Crippen MR) is 55.2 cm³/mol. The van der Waals surface area contributed by atoms with Crippen LogP contribution in [0.3, 0.4) is 0 Å². The summed E-state index contributed by atoms with van der Waals surface area (Å²) in [5.41, 5.74) is 1.65. The van der Waals surface area contributed by atoms with Crippen LogP contribution in [0.4, 0.5) is 5.69 Å². The lowest BCUT2D eigenvalue weighted by atomic mass is 10.1. The molecule has 0 saturated heterocycles. The predicted octanol–water partition coefficient (Wildman–Crippen LogP) is 2.71. The third kappa shape index (κ3) is 2.58. The van der Waals surface area contributed by atoms with E-state index < -0.39 is 0 Å². The van der Waals surface area contributed by atoms with Gasteiger partial charge in [-0.15, -0.1) is 0 Å². The Balaban J connectivity index is 2.80. The molecule has 2 nitrogen and oxygen atoms in total. The van der Waals surface area contributed by atoms with Gasteiger partial charge < -0.3 is 5.32 Å². The molecule has 0 fully saturated rings. The monoisotopic (exact) mass is 177 g/mol. The first-order valence-electron chi connectivity index (χ1n) is 4.58. The van der Waals surface area contributed by atoms with Gasteiger partial charge in [0, 0.05) is 17.3 Å². The van der Waals surface area contributed by atoms with Crippen LogP contribution in [0, 0.1) is 0 Å². The number of nitrogens with one attached hydrogen (secondary N) is 1. The second-order valence-electron chi connectivity index (χ2n) is 3.16. The highest BCUT2D eigenvalue weighted by Gasteiger charge is 2.02. The van der Waals surface area contributed by atoms with Gasteiger partial charge >= 0.3 is 0 Å². The van der Waals surface area contributed by atoms with Crippen molar-refractivity contribution in [1.82, 2.24) is 0 Å². The number of aldehydes is 1. The van der Waals surface area contributed by atoms with E-state index >= 15 is 0 Å². The van der Waals surface area contributed by atoms with Gasteiger partial charge in [-0.2, -0.15) is 0 Å². The molecule has 13 heavy (non-hydrogen) atoms. The smallest absolute Gasteiger partial charge is 0.152 e. The summed E-state index contributed by atoms with van der Waals surface area (Å²) in [5.74, 6) is 0. The van der Waals surface area contributed by atoms with Crippen LogP contribution in [0.25, 0.3) is 0 Å². The van der Waals surface area contributed by atoms with Crippen molar-refractivity contribution in [2.45, 2.75) is 26.3 Å². The quantitative estimate of drug-likeness (QED) is 0.716. The van der Waals surface area contributed by atoms with Crippen molar-refractivity contribution in [3.05, 3.63) is 29.8 Å². The number of rotatable bonds is 4. The molecule has 1 aromatic carbocycles. The zero-order valence-electron chi connectivity index (χ0n) is 8.08. The Bertz CT molecular complexity index is 283. The van der Waals surface area contributed by atoms with E-state index in [2.05, 4.69) is 19.2 Å². The van der Waals surface area contributed by atoms with Gasteiger partial charge in [-0.25, -0.2) is 0 Å². The number of hydrogen-bond donors (Lipinski definition) is 1. The molecule has 0 saturated carbocycles. The summed E-state index contributed by atoms with van der Waals surface area (Å²) in [6.07, 6.45) is 1.93. The van der Waals surface area contributed by atoms with Crippen LogP contribution in [0.5, 0.6) is 0 Å². The van der Waals surface area contributed by atoms with E-state index in [1.807, 2.05) is 24.3 Å². The molecule has 1 N–H and O–H groups in total. The van der Waals surface area contributed by atoms with Gasteiger partial charge in [0.25, 0.3) is 0 Å². The summed E-state index contributed by atoms with van der Waals surface area (Å²) < 4.78 is 0. The molecule has 1 atom stereocenters. The van der Waals surface area contributed by atoms with Gasteiger partial charge in [-0.1, -0.05) is 19.1 Å². The largest absolute Gasteiger partial charge is 0.382 e. The highest BCUT2D eigenvalue weighted by Crippen LogP contribution is 2.14. The van der Waals surface area contributed by atoms with Crippen LogP contribution in [-0.2, 0) is 0 Å². The Morgan fingerprint density at radius 3 is 2.77 bits per heavy atom. The van der Waals surface area contributed by atoms with E-state index in [1.54, 1.807) is 0 Å². The minimum atomic E-state index is 0.404. The fourth-order valence-corrected chi connectivity index (χ4v) is 1.10. The molecule has 0 bridgehead atoms. The molecule has 0 spiro atoms. The zero-order valence-corrected chi connectivity index (χ0v) is 8.08. The minimum Gasteiger partial charge on any atom is -0.382 e. The van der Waals surface area contributed by atoms with Crippen LogP contribution >= 0.6 is 0 Å². The van der Waals surface area contributed by atoms with E-state index in [0.29, 0.717) is 6.04 Å². The molecule has 1 rings (SSSR count). The van der Waals surface area contributed by atoms with E-state index in [4.69, 9.17) is 0 Å². The first kappa shape index (κ1) is 9.78. The summed E-state index contributed by atoms with van der Waals surface area (Å²) in [5, 5.41) is 3.28. The fourth-order valence-electron chi connectivity index (χ4n) is 1.10. The van der Waals surface area contributed by atoms with Gasteiger partial charge in [-0.3, -0.25) is 4.79 Å². The Morgan fingerprint density at radius 2 is 2.15 bits per heavy atom. The van der Waals surface area contributed by atoms with Crippen LogP contribution in [-0.4, -0.2) is 12.3 Å². The van der Waals surface area contributed by atoms with Crippen molar-refractivity contribution in [3.8, 4) is 0 Å². The molecule has 0 aliphatic rings. The van der Waals surface area contributed by atoms with Crippen molar-refractivity contribution >= 4 is 12.0 Å². The number of para-hydroxylation sites is 1. The fraction of sp³-hybridized carbons (Fsp3) is 0.364. The molecular formula is C11H15NO. The lowest BCUT2D eigenvalue weighted by molar-refractivity contribution is 0.112. The second kappa shape index (κ2) is 4.65. The highest BCUT2D eigenvalue weighted by molar-refractivity contribution is 5.84. The number of carbonyl (C=O) groups excluding carboxylic acids is 1. The standard InChI is InChI=1S/C11H15NO/c1-3-9(2)12-11-7-5-4-6-10(11)8-13/h4-9,12H,3H2,1-2H3. The van der Waals surface area contributed by atoms with Gasteiger partial charge in [0.05, 0.1) is 0 Å². The number of hydrogen-bond acceptors (Lipinski definition) is 2. The normalized spacial score (nSPS) is 12.2. The summed E-state index contributed by atoms with van der Waals surface area (Å²) >= 11 is 0. The molecule has 0 aliphatic heterocycles. The molecule has 0 amide bonds. The summed E-state index contributed by atoms with van der Waals surface area (Å²) in [7, 11) is 0. The van der Waals surface area contributed by atoms with Gasteiger partial charge in [-0.05, 0) is 25.5 Å². The first-order chi connectivity index (χ1) is 6.27. The topological polar surface area (TPSA) is 29.1 Å². The third-order valence-corrected chi connectivity index (χ3v) is 2.10. The van der Waals surface area contributed by atoms with Crippen molar-refractivity contribution in [2.75, 3.05) is 5.32 Å². The van der Waals surface area contributed by atoms with Crippen molar-refractivity contribution in [2.24, 2.45) is 0 Å². The van der Waals surface area contributed by atoms with Crippen LogP contribution in [0.1, 0.15) is 30.6 Å². The summed E-state index contributed by atoms with van der Waals surface area (Å²) in [4.78, 5) is 10.7. The average Bonchev–Trinajstić information content (AvgIpc) is 2.18. The van der Waals surface area contributed by atoms with Gasteiger partial charge in [0.1, 0.15) is 0 Å². The van der Waals surface area contributed by atoms with E-state index in [0.717, 1.165) is 24.0 Å². The lowest BCUT2D eigenvalue weighted by Gasteiger charge is -2.14. The molecule has 0 aromatic heterocycles. The molecule has 0 radical (unpaired) electrons. The van der Waals surface area contributed by atoms with Crippen LogP contribution < -0.4 is 5.32 Å². The molecule has 70 valence electrons. The van der Waals surface area contributed by atoms with Crippen molar-refractivity contribution < 1.29 is 4.79 Å². The number of anilines is 1. The molecular weight excluding hydrogens is 162 g/mol. The maximum absolute atomic E-state index is 10.7. The molecule has 0 aliphatic carbocycles. The van der Waals surface area contributed by atoms with E-state index in [1.165, 1.54) is 0 Å². The molecule has 1 aromatic rings. The third-order valence-electron chi connectivity index (χ3n) is 2.10. The van der Waals surface area contributed by atoms with Gasteiger partial charge in [0.15, 0.2) is 6.29 Å².